The molecule has 1 aliphatic rings. The summed E-state index contributed by atoms with van der Waals surface area (Å²) in [6, 6.07) is 7.60. The number of aromatic amines is 1. The first-order chi connectivity index (χ1) is 11.7. The Kier molecular flexibility index (Phi) is 4.08. The maximum atomic E-state index is 14.0. The van der Waals surface area contributed by atoms with Crippen molar-refractivity contribution in [2.75, 3.05) is 18.4 Å². The predicted molar refractivity (Wildman–Crippen MR) is 94.1 cm³/mol. The Morgan fingerprint density at radius 3 is 3.04 bits per heavy atom. The molecule has 3 N–H and O–H groups in total. The molecule has 0 bridgehead atoms. The average Bonchev–Trinajstić information content (AvgIpc) is 3.02. The molecule has 0 amide bonds. The van der Waals surface area contributed by atoms with Crippen LogP contribution in [-0.2, 0) is 0 Å². The van der Waals surface area contributed by atoms with Crippen LogP contribution in [0.2, 0.25) is 5.02 Å². The van der Waals surface area contributed by atoms with Crippen LogP contribution in [0.15, 0.2) is 36.7 Å². The van der Waals surface area contributed by atoms with Gasteiger partial charge in [0, 0.05) is 29.2 Å². The van der Waals surface area contributed by atoms with Gasteiger partial charge in [-0.3, -0.25) is 0 Å². The third-order valence-electron chi connectivity index (χ3n) is 4.30. The third kappa shape index (κ3) is 2.83. The van der Waals surface area contributed by atoms with E-state index in [1.54, 1.807) is 6.20 Å². The summed E-state index contributed by atoms with van der Waals surface area (Å²) in [5, 5.41) is 7.75. The van der Waals surface area contributed by atoms with E-state index < -0.39 is 6.17 Å². The number of nitrogens with one attached hydrogen (secondary N) is 3. The van der Waals surface area contributed by atoms with Crippen molar-refractivity contribution in [2.24, 2.45) is 0 Å². The predicted octanol–water partition coefficient (Wildman–Crippen LogP) is 3.39. The number of benzene rings is 1. The molecule has 3 heterocycles. The zero-order valence-electron chi connectivity index (χ0n) is 12.9. The van der Waals surface area contributed by atoms with Gasteiger partial charge in [-0.2, -0.15) is 0 Å². The molecule has 2 aromatic heterocycles. The number of halogens is 2. The molecule has 24 heavy (non-hydrogen) atoms. The van der Waals surface area contributed by atoms with E-state index in [4.69, 9.17) is 11.6 Å². The molecule has 1 aromatic carbocycles. The van der Waals surface area contributed by atoms with Gasteiger partial charge in [0.15, 0.2) is 0 Å². The van der Waals surface area contributed by atoms with Gasteiger partial charge in [0.05, 0.1) is 23.0 Å². The van der Waals surface area contributed by atoms with Gasteiger partial charge < -0.3 is 15.6 Å². The molecular formula is C17H17ClFN5. The monoisotopic (exact) mass is 345 g/mol. The molecule has 1 saturated heterocycles. The fraction of sp³-hybridized carbons (Fsp3) is 0.294. The summed E-state index contributed by atoms with van der Waals surface area (Å²) >= 11 is 6.31. The summed E-state index contributed by atoms with van der Waals surface area (Å²) in [6.45, 7) is 1.25. The van der Waals surface area contributed by atoms with E-state index in [0.717, 1.165) is 16.5 Å². The minimum atomic E-state index is -0.915. The van der Waals surface area contributed by atoms with E-state index in [1.165, 1.54) is 0 Å². The van der Waals surface area contributed by atoms with Crippen molar-refractivity contribution in [2.45, 2.75) is 18.6 Å². The summed E-state index contributed by atoms with van der Waals surface area (Å²) in [6.07, 6.45) is 3.00. The average molecular weight is 346 g/mol. The summed E-state index contributed by atoms with van der Waals surface area (Å²) in [5.74, 6) is 0.385. The third-order valence-corrected chi connectivity index (χ3v) is 4.58. The molecule has 0 spiro atoms. The minimum Gasteiger partial charge on any atom is -0.360 e. The van der Waals surface area contributed by atoms with Crippen LogP contribution in [0.5, 0.6) is 0 Å². The number of hydrogen-bond donors (Lipinski definition) is 3. The van der Waals surface area contributed by atoms with Crippen LogP contribution in [0.25, 0.3) is 22.2 Å². The minimum absolute atomic E-state index is 0.337. The molecule has 0 unspecified atom stereocenters. The Morgan fingerprint density at radius 2 is 2.17 bits per heavy atom. The van der Waals surface area contributed by atoms with Crippen LogP contribution in [0, 0.1) is 0 Å². The maximum absolute atomic E-state index is 14.0. The highest BCUT2D eigenvalue weighted by molar-refractivity contribution is 6.33. The van der Waals surface area contributed by atoms with Gasteiger partial charge in [-0.05, 0) is 19.0 Å². The quantitative estimate of drug-likeness (QED) is 0.680. The lowest BCUT2D eigenvalue weighted by molar-refractivity contribution is 0.240. The first-order valence-electron chi connectivity index (χ1n) is 7.93. The van der Waals surface area contributed by atoms with E-state index in [2.05, 4.69) is 25.6 Å². The van der Waals surface area contributed by atoms with Gasteiger partial charge in [-0.1, -0.05) is 29.8 Å². The van der Waals surface area contributed by atoms with Gasteiger partial charge >= 0.3 is 0 Å². The summed E-state index contributed by atoms with van der Waals surface area (Å²) < 4.78 is 14.0. The lowest BCUT2D eigenvalue weighted by Gasteiger charge is -2.27. The van der Waals surface area contributed by atoms with Crippen LogP contribution in [0.3, 0.4) is 0 Å². The number of nitrogens with zero attached hydrogens (tertiary/aromatic N) is 2. The highest BCUT2D eigenvalue weighted by atomic mass is 35.5. The summed E-state index contributed by atoms with van der Waals surface area (Å²) in [7, 11) is 0. The van der Waals surface area contributed by atoms with Gasteiger partial charge in [0.2, 0.25) is 5.95 Å². The van der Waals surface area contributed by atoms with Crippen molar-refractivity contribution in [3.8, 4) is 11.3 Å². The number of H-pyrrole nitrogens is 1. The molecule has 4 rings (SSSR count). The molecule has 3 aromatic rings. The van der Waals surface area contributed by atoms with Gasteiger partial charge in [-0.25, -0.2) is 14.4 Å². The highest BCUT2D eigenvalue weighted by Crippen LogP contribution is 2.32. The Morgan fingerprint density at radius 1 is 1.29 bits per heavy atom. The lowest BCUT2D eigenvalue weighted by atomic mass is 10.1. The molecule has 5 nitrogen and oxygen atoms in total. The topological polar surface area (TPSA) is 65.6 Å². The number of aromatic nitrogens is 3. The standard InChI is InChI=1S/C17H17ClFN5/c18-12-8-22-17(23-15-9-20-6-5-13(15)19)24-16(12)11-7-21-14-4-2-1-3-10(11)14/h1-4,7-8,13,15,20-21H,5-6,9H2,(H,22,23,24)/t13-,15-/m1/s1. The molecule has 7 heteroatoms. The van der Waals surface area contributed by atoms with Crippen LogP contribution >= 0.6 is 11.6 Å². The molecule has 1 fully saturated rings. The first-order valence-corrected chi connectivity index (χ1v) is 8.30. The number of para-hydroxylation sites is 1. The van der Waals surface area contributed by atoms with Gasteiger partial charge in [0.1, 0.15) is 6.17 Å². The second-order valence-corrected chi connectivity index (χ2v) is 6.30. The maximum Gasteiger partial charge on any atom is 0.223 e. The summed E-state index contributed by atoms with van der Waals surface area (Å²) in [5.41, 5.74) is 2.54. The summed E-state index contributed by atoms with van der Waals surface area (Å²) in [4.78, 5) is 11.9. The number of anilines is 1. The molecule has 1 aliphatic heterocycles. The Balaban J connectivity index is 1.69. The van der Waals surface area contributed by atoms with Crippen LogP contribution < -0.4 is 10.6 Å². The fourth-order valence-electron chi connectivity index (χ4n) is 3.03. The highest BCUT2D eigenvalue weighted by Gasteiger charge is 2.25. The first kappa shape index (κ1) is 15.4. The molecule has 0 saturated carbocycles. The van der Waals surface area contributed by atoms with Crippen molar-refractivity contribution in [1.29, 1.82) is 0 Å². The Bertz CT molecular complexity index is 865. The van der Waals surface area contributed by atoms with Crippen molar-refractivity contribution in [1.82, 2.24) is 20.3 Å². The number of hydrogen-bond acceptors (Lipinski definition) is 4. The Hall–Kier alpha value is -2.18. The molecule has 0 aliphatic carbocycles. The molecule has 2 atom stereocenters. The zero-order valence-corrected chi connectivity index (χ0v) is 13.6. The number of fused-ring (bicyclic) bond motifs is 1. The second-order valence-electron chi connectivity index (χ2n) is 5.90. The van der Waals surface area contributed by atoms with Crippen LogP contribution in [0.1, 0.15) is 6.42 Å². The normalized spacial score (nSPS) is 21.1. The van der Waals surface area contributed by atoms with Crippen molar-refractivity contribution in [3.63, 3.8) is 0 Å². The van der Waals surface area contributed by atoms with E-state index in [0.29, 0.717) is 36.2 Å². The van der Waals surface area contributed by atoms with Crippen molar-refractivity contribution in [3.05, 3.63) is 41.7 Å². The van der Waals surface area contributed by atoms with E-state index in [-0.39, 0.29) is 6.04 Å². The number of alkyl halides is 1. The molecule has 0 radical (unpaired) electrons. The van der Waals surface area contributed by atoms with E-state index in [9.17, 15) is 4.39 Å². The van der Waals surface area contributed by atoms with Crippen LogP contribution in [-0.4, -0.2) is 40.3 Å². The van der Waals surface area contributed by atoms with Crippen LogP contribution in [0.4, 0.5) is 10.3 Å². The fourth-order valence-corrected chi connectivity index (χ4v) is 3.22. The number of piperidine rings is 1. The SMILES string of the molecule is F[C@@H]1CCNC[C@H]1Nc1ncc(Cl)c(-c2c[nH]c3ccccc23)n1. The lowest BCUT2D eigenvalue weighted by Crippen LogP contribution is -2.46. The van der Waals surface area contributed by atoms with Gasteiger partial charge in [0.25, 0.3) is 0 Å². The van der Waals surface area contributed by atoms with E-state index >= 15 is 0 Å². The van der Waals surface area contributed by atoms with Crippen molar-refractivity contribution >= 4 is 28.5 Å². The Labute approximate surface area is 143 Å². The largest absolute Gasteiger partial charge is 0.360 e. The van der Waals surface area contributed by atoms with Gasteiger partial charge in [-0.15, -0.1) is 0 Å². The zero-order chi connectivity index (χ0) is 16.5. The molecular weight excluding hydrogens is 329 g/mol. The van der Waals surface area contributed by atoms with Crippen molar-refractivity contribution < 1.29 is 4.39 Å². The molecule has 124 valence electrons. The smallest absolute Gasteiger partial charge is 0.223 e. The number of rotatable bonds is 3. The second kappa shape index (κ2) is 6.37. The van der Waals surface area contributed by atoms with E-state index in [1.807, 2.05) is 30.5 Å².